The Hall–Kier alpha value is -3.92. The predicted molar refractivity (Wildman–Crippen MR) is 169 cm³/mol. The van der Waals surface area contributed by atoms with Gasteiger partial charge in [-0.1, -0.05) is 56.0 Å². The van der Waals surface area contributed by atoms with E-state index in [1.165, 1.54) is 29.2 Å². The van der Waals surface area contributed by atoms with Crippen LogP contribution in [0.4, 0.5) is 10.1 Å². The molecule has 0 radical (unpaired) electrons. The first-order chi connectivity index (χ1) is 21.1. The number of aryl methyl sites for hydroxylation is 1. The van der Waals surface area contributed by atoms with Crippen molar-refractivity contribution in [3.63, 3.8) is 0 Å². The molecule has 236 valence electrons. The number of halogens is 1. The minimum Gasteiger partial charge on any atom is -0.494 e. The zero-order chi connectivity index (χ0) is 31.7. The standard InChI is InChI=1S/C34H42FN3O5S/c1-4-32(34(40)36-28-9-7-6-8-10-28)37(23-26-13-15-27(35)16-14-26)33(39)24-38(29-17-11-25(3)12-18-29)44(41,42)31-21-19-30(20-22-31)43-5-2/h11-22,28,32H,4-10,23-24H2,1-3H3,(H,36,40)/t32-/m1/s1. The topological polar surface area (TPSA) is 96.0 Å². The summed E-state index contributed by atoms with van der Waals surface area (Å²) in [5, 5.41) is 3.13. The Balaban J connectivity index is 1.69. The molecular formula is C34H42FN3O5S. The van der Waals surface area contributed by atoms with E-state index in [0.717, 1.165) is 42.0 Å². The van der Waals surface area contributed by atoms with Crippen molar-refractivity contribution in [3.05, 3.63) is 89.7 Å². The van der Waals surface area contributed by atoms with Crippen LogP contribution in [0.3, 0.4) is 0 Å². The van der Waals surface area contributed by atoms with Crippen LogP contribution in [0.15, 0.2) is 77.7 Å². The van der Waals surface area contributed by atoms with Crippen LogP contribution in [0.25, 0.3) is 0 Å². The molecule has 8 nitrogen and oxygen atoms in total. The first kappa shape index (κ1) is 33.0. The van der Waals surface area contributed by atoms with Gasteiger partial charge in [0.2, 0.25) is 11.8 Å². The molecule has 10 heteroatoms. The molecule has 44 heavy (non-hydrogen) atoms. The smallest absolute Gasteiger partial charge is 0.264 e. The maximum atomic E-state index is 14.2. The van der Waals surface area contributed by atoms with E-state index >= 15 is 0 Å². The van der Waals surface area contributed by atoms with E-state index in [4.69, 9.17) is 4.74 Å². The number of sulfonamides is 1. The lowest BCUT2D eigenvalue weighted by Gasteiger charge is -2.34. The number of benzene rings is 3. The van der Waals surface area contributed by atoms with E-state index in [2.05, 4.69) is 5.32 Å². The van der Waals surface area contributed by atoms with Gasteiger partial charge in [0.15, 0.2) is 0 Å². The lowest BCUT2D eigenvalue weighted by atomic mass is 9.95. The second-order valence-corrected chi connectivity index (χ2v) is 13.0. The van der Waals surface area contributed by atoms with Crippen molar-refractivity contribution in [1.82, 2.24) is 10.2 Å². The molecule has 1 N–H and O–H groups in total. The molecule has 3 aromatic carbocycles. The maximum Gasteiger partial charge on any atom is 0.264 e. The summed E-state index contributed by atoms with van der Waals surface area (Å²) in [5.41, 5.74) is 1.88. The summed E-state index contributed by atoms with van der Waals surface area (Å²) in [6.45, 7) is 5.47. The van der Waals surface area contributed by atoms with Crippen molar-refractivity contribution in [1.29, 1.82) is 0 Å². The van der Waals surface area contributed by atoms with Gasteiger partial charge in [0.1, 0.15) is 24.2 Å². The summed E-state index contributed by atoms with van der Waals surface area (Å²) < 4.78 is 48.4. The normalized spacial score (nSPS) is 14.5. The number of carbonyl (C=O) groups excluding carboxylic acids is 2. The van der Waals surface area contributed by atoms with Crippen molar-refractivity contribution in [2.75, 3.05) is 17.5 Å². The number of ether oxygens (including phenoxy) is 1. The lowest BCUT2D eigenvalue weighted by molar-refractivity contribution is -0.140. The van der Waals surface area contributed by atoms with Gasteiger partial charge < -0.3 is 15.0 Å². The number of carbonyl (C=O) groups is 2. The summed E-state index contributed by atoms with van der Waals surface area (Å²) in [5.74, 6) is -0.702. The number of nitrogens with one attached hydrogen (secondary N) is 1. The Morgan fingerprint density at radius 3 is 2.16 bits per heavy atom. The zero-order valence-corrected chi connectivity index (χ0v) is 26.5. The Kier molecular flexibility index (Phi) is 11.4. The molecule has 0 unspecified atom stereocenters. The fourth-order valence-electron chi connectivity index (χ4n) is 5.49. The highest BCUT2D eigenvalue weighted by Crippen LogP contribution is 2.27. The van der Waals surface area contributed by atoms with Gasteiger partial charge in [-0.2, -0.15) is 0 Å². The molecule has 0 aliphatic heterocycles. The summed E-state index contributed by atoms with van der Waals surface area (Å²) in [6.07, 6.45) is 5.30. The highest BCUT2D eigenvalue weighted by molar-refractivity contribution is 7.92. The maximum absolute atomic E-state index is 14.2. The van der Waals surface area contributed by atoms with E-state index < -0.39 is 34.3 Å². The summed E-state index contributed by atoms with van der Waals surface area (Å²) in [4.78, 5) is 29.3. The lowest BCUT2D eigenvalue weighted by Crippen LogP contribution is -2.54. The molecular weight excluding hydrogens is 581 g/mol. The van der Waals surface area contributed by atoms with Gasteiger partial charge in [0.25, 0.3) is 10.0 Å². The molecule has 0 aromatic heterocycles. The molecule has 0 bridgehead atoms. The highest BCUT2D eigenvalue weighted by atomic mass is 32.2. The predicted octanol–water partition coefficient (Wildman–Crippen LogP) is 5.98. The van der Waals surface area contributed by atoms with E-state index in [0.29, 0.717) is 30.0 Å². The van der Waals surface area contributed by atoms with Crippen molar-refractivity contribution in [3.8, 4) is 5.75 Å². The quantitative estimate of drug-likeness (QED) is 0.253. The molecule has 0 heterocycles. The SMILES string of the molecule is CCOc1ccc(S(=O)(=O)N(CC(=O)N(Cc2ccc(F)cc2)[C@H](CC)C(=O)NC2CCCCC2)c2ccc(C)cc2)cc1. The third-order valence-electron chi connectivity index (χ3n) is 7.93. The molecule has 0 saturated heterocycles. The second kappa shape index (κ2) is 15.2. The van der Waals surface area contributed by atoms with Crippen LogP contribution >= 0.6 is 0 Å². The van der Waals surface area contributed by atoms with Gasteiger partial charge in [0.05, 0.1) is 17.2 Å². The Morgan fingerprint density at radius 2 is 1.57 bits per heavy atom. The summed E-state index contributed by atoms with van der Waals surface area (Å²) >= 11 is 0. The van der Waals surface area contributed by atoms with Crippen molar-refractivity contribution in [2.24, 2.45) is 0 Å². The molecule has 2 amide bonds. The van der Waals surface area contributed by atoms with E-state index in [1.807, 2.05) is 20.8 Å². The Labute approximate surface area is 260 Å². The summed E-state index contributed by atoms with van der Waals surface area (Å²) in [7, 11) is -4.20. The van der Waals surface area contributed by atoms with Gasteiger partial charge in [-0.05, 0) is 87.2 Å². The van der Waals surface area contributed by atoms with Gasteiger partial charge in [0, 0.05) is 12.6 Å². The molecule has 1 fully saturated rings. The average Bonchev–Trinajstić information content (AvgIpc) is 3.02. The molecule has 3 aromatic rings. The molecule has 4 rings (SSSR count). The van der Waals surface area contributed by atoms with Crippen molar-refractivity contribution in [2.45, 2.75) is 82.8 Å². The van der Waals surface area contributed by atoms with Crippen LogP contribution in [-0.2, 0) is 26.2 Å². The highest BCUT2D eigenvalue weighted by Gasteiger charge is 2.34. The van der Waals surface area contributed by atoms with Gasteiger partial charge in [-0.25, -0.2) is 12.8 Å². The van der Waals surface area contributed by atoms with Crippen LogP contribution in [0.5, 0.6) is 5.75 Å². The number of hydrogen-bond acceptors (Lipinski definition) is 5. The molecule has 1 atom stereocenters. The number of hydrogen-bond donors (Lipinski definition) is 1. The second-order valence-electron chi connectivity index (χ2n) is 11.2. The number of amides is 2. The Bertz CT molecular complexity index is 1490. The van der Waals surface area contributed by atoms with Gasteiger partial charge >= 0.3 is 0 Å². The minimum atomic E-state index is -4.20. The van der Waals surface area contributed by atoms with Crippen molar-refractivity contribution >= 4 is 27.5 Å². The molecule has 1 saturated carbocycles. The van der Waals surface area contributed by atoms with Crippen LogP contribution in [0.2, 0.25) is 0 Å². The fourth-order valence-corrected chi connectivity index (χ4v) is 6.91. The van der Waals surface area contributed by atoms with Crippen LogP contribution in [0, 0.1) is 12.7 Å². The monoisotopic (exact) mass is 623 g/mol. The number of rotatable bonds is 13. The van der Waals surface area contributed by atoms with E-state index in [1.54, 1.807) is 48.5 Å². The van der Waals surface area contributed by atoms with Crippen LogP contribution in [-0.4, -0.2) is 50.4 Å². The number of anilines is 1. The third kappa shape index (κ3) is 8.37. The minimum absolute atomic E-state index is 0.00138. The average molecular weight is 624 g/mol. The fraction of sp³-hybridized carbons (Fsp3) is 0.412. The van der Waals surface area contributed by atoms with E-state index in [9.17, 15) is 22.4 Å². The van der Waals surface area contributed by atoms with Crippen LogP contribution in [0.1, 0.15) is 63.5 Å². The van der Waals surface area contributed by atoms with Crippen LogP contribution < -0.4 is 14.4 Å². The van der Waals surface area contributed by atoms with Gasteiger partial charge in [-0.3, -0.25) is 13.9 Å². The molecule has 1 aliphatic rings. The van der Waals surface area contributed by atoms with Gasteiger partial charge in [-0.15, -0.1) is 0 Å². The summed E-state index contributed by atoms with van der Waals surface area (Å²) in [6, 6.07) is 17.9. The third-order valence-corrected chi connectivity index (χ3v) is 9.72. The largest absolute Gasteiger partial charge is 0.494 e. The number of nitrogens with zero attached hydrogens (tertiary/aromatic N) is 2. The van der Waals surface area contributed by atoms with Crippen molar-refractivity contribution < 1.29 is 27.1 Å². The molecule has 1 aliphatic carbocycles. The molecule has 0 spiro atoms. The first-order valence-electron chi connectivity index (χ1n) is 15.3. The van der Waals surface area contributed by atoms with E-state index in [-0.39, 0.29) is 23.4 Å². The zero-order valence-electron chi connectivity index (χ0n) is 25.7. The first-order valence-corrected chi connectivity index (χ1v) is 16.7. The Morgan fingerprint density at radius 1 is 0.932 bits per heavy atom.